The maximum Gasteiger partial charge on any atom is 0.216 e. The molecule has 112 valence electrons. The predicted molar refractivity (Wildman–Crippen MR) is 82.9 cm³/mol. The molecule has 4 N–H and O–H groups in total. The minimum atomic E-state index is -3.61. The lowest BCUT2D eigenvalue weighted by atomic mass is 10.1. The summed E-state index contributed by atoms with van der Waals surface area (Å²) >= 11 is 0. The van der Waals surface area contributed by atoms with E-state index in [1.165, 1.54) is 0 Å². The highest BCUT2D eigenvalue weighted by Crippen LogP contribution is 2.17. The van der Waals surface area contributed by atoms with Gasteiger partial charge in [0.15, 0.2) is 0 Å². The lowest BCUT2D eigenvalue weighted by Gasteiger charge is -2.17. The number of hydrogen-bond acceptors (Lipinski definition) is 4. The molecule has 0 heterocycles. The van der Waals surface area contributed by atoms with E-state index in [9.17, 15) is 13.5 Å². The summed E-state index contributed by atoms with van der Waals surface area (Å²) in [5.74, 6) is -0.219. The average Bonchev–Trinajstić information content (AvgIpc) is 2.48. The molecular formula is C15H18N2O3S. The molecule has 0 saturated carbocycles. The Hall–Kier alpha value is -1.89. The fourth-order valence-electron chi connectivity index (χ4n) is 2.02. The third kappa shape index (κ3) is 4.29. The van der Waals surface area contributed by atoms with Crippen molar-refractivity contribution in [1.29, 1.82) is 0 Å². The van der Waals surface area contributed by atoms with Crippen molar-refractivity contribution >= 4 is 15.7 Å². The number of rotatable bonds is 6. The van der Waals surface area contributed by atoms with Crippen molar-refractivity contribution in [1.82, 2.24) is 4.72 Å². The van der Waals surface area contributed by atoms with E-state index < -0.39 is 16.1 Å². The Morgan fingerprint density at radius 2 is 1.67 bits per heavy atom. The van der Waals surface area contributed by atoms with Gasteiger partial charge in [0, 0.05) is 5.69 Å². The lowest BCUT2D eigenvalue weighted by molar-refractivity contribution is 0.259. The van der Waals surface area contributed by atoms with Crippen molar-refractivity contribution in [3.05, 3.63) is 65.7 Å². The van der Waals surface area contributed by atoms with Gasteiger partial charge in [-0.25, -0.2) is 13.1 Å². The molecule has 0 unspecified atom stereocenters. The van der Waals surface area contributed by atoms with Gasteiger partial charge < -0.3 is 10.8 Å². The van der Waals surface area contributed by atoms with Gasteiger partial charge in [-0.05, 0) is 17.2 Å². The first-order chi connectivity index (χ1) is 10.0. The van der Waals surface area contributed by atoms with E-state index in [0.29, 0.717) is 16.8 Å². The van der Waals surface area contributed by atoms with Gasteiger partial charge in [-0.2, -0.15) is 0 Å². The van der Waals surface area contributed by atoms with Crippen molar-refractivity contribution in [3.63, 3.8) is 0 Å². The zero-order valence-corrected chi connectivity index (χ0v) is 12.3. The van der Waals surface area contributed by atoms with E-state index in [2.05, 4.69) is 4.72 Å². The summed E-state index contributed by atoms with van der Waals surface area (Å²) in [5, 5.41) is 9.41. The zero-order valence-electron chi connectivity index (χ0n) is 11.4. The second kappa shape index (κ2) is 6.71. The molecule has 0 aliphatic rings. The molecule has 0 amide bonds. The molecule has 21 heavy (non-hydrogen) atoms. The fraction of sp³-hybridized carbons (Fsp3) is 0.200. The van der Waals surface area contributed by atoms with E-state index in [0.717, 1.165) is 0 Å². The number of aliphatic hydroxyl groups excluding tert-OH is 1. The molecular weight excluding hydrogens is 288 g/mol. The monoisotopic (exact) mass is 306 g/mol. The highest BCUT2D eigenvalue weighted by molar-refractivity contribution is 7.88. The van der Waals surface area contributed by atoms with E-state index in [-0.39, 0.29) is 12.4 Å². The molecule has 6 heteroatoms. The second-order valence-electron chi connectivity index (χ2n) is 4.72. The summed E-state index contributed by atoms with van der Waals surface area (Å²) in [5.41, 5.74) is 7.44. The van der Waals surface area contributed by atoms with Crippen molar-refractivity contribution in [2.45, 2.75) is 11.8 Å². The first-order valence-corrected chi connectivity index (χ1v) is 8.16. The van der Waals surface area contributed by atoms with Crippen LogP contribution >= 0.6 is 0 Å². The zero-order chi connectivity index (χ0) is 15.3. The molecule has 0 radical (unpaired) electrons. The molecule has 5 nitrogen and oxygen atoms in total. The number of para-hydroxylation sites is 1. The molecule has 0 aliphatic heterocycles. The Morgan fingerprint density at radius 3 is 2.29 bits per heavy atom. The standard InChI is InChI=1S/C15H18N2O3S/c16-14-9-5-4-8-13(14)11-21(19,20)17-15(10-18)12-6-2-1-3-7-12/h1-9,15,17-18H,10-11,16H2/t15-/m0/s1. The first kappa shape index (κ1) is 15.5. The van der Waals surface area contributed by atoms with Crippen LogP contribution in [-0.4, -0.2) is 20.1 Å². The van der Waals surface area contributed by atoms with E-state index >= 15 is 0 Å². The highest BCUT2D eigenvalue weighted by Gasteiger charge is 2.20. The summed E-state index contributed by atoms with van der Waals surface area (Å²) in [6.07, 6.45) is 0. The van der Waals surface area contributed by atoms with Crippen LogP contribution < -0.4 is 10.5 Å². The van der Waals surface area contributed by atoms with Crippen LogP contribution in [0.4, 0.5) is 5.69 Å². The van der Waals surface area contributed by atoms with E-state index in [1.807, 2.05) is 6.07 Å². The average molecular weight is 306 g/mol. The Morgan fingerprint density at radius 1 is 1.05 bits per heavy atom. The van der Waals surface area contributed by atoms with Gasteiger partial charge in [-0.15, -0.1) is 0 Å². The van der Waals surface area contributed by atoms with Crippen LogP contribution in [0.5, 0.6) is 0 Å². The highest BCUT2D eigenvalue weighted by atomic mass is 32.2. The summed E-state index contributed by atoms with van der Waals surface area (Å²) in [6.45, 7) is -0.312. The van der Waals surface area contributed by atoms with Crippen molar-refractivity contribution in [2.75, 3.05) is 12.3 Å². The Bertz CT molecular complexity index is 687. The second-order valence-corrected chi connectivity index (χ2v) is 6.48. The van der Waals surface area contributed by atoms with Gasteiger partial charge in [-0.1, -0.05) is 48.5 Å². The first-order valence-electron chi connectivity index (χ1n) is 6.51. The molecule has 2 aromatic rings. The predicted octanol–water partition coefficient (Wildman–Crippen LogP) is 1.42. The molecule has 0 fully saturated rings. The number of benzene rings is 2. The smallest absolute Gasteiger partial charge is 0.216 e. The Balaban J connectivity index is 2.15. The number of anilines is 1. The number of aliphatic hydroxyl groups is 1. The molecule has 2 aromatic carbocycles. The lowest BCUT2D eigenvalue weighted by Crippen LogP contribution is -2.32. The van der Waals surface area contributed by atoms with Gasteiger partial charge in [0.25, 0.3) is 0 Å². The number of nitrogens with one attached hydrogen (secondary N) is 1. The summed E-state index contributed by atoms with van der Waals surface area (Å²) in [4.78, 5) is 0. The molecule has 0 saturated heterocycles. The molecule has 0 spiro atoms. The van der Waals surface area contributed by atoms with Crippen molar-refractivity contribution in [2.24, 2.45) is 0 Å². The maximum absolute atomic E-state index is 12.2. The van der Waals surface area contributed by atoms with Gasteiger partial charge >= 0.3 is 0 Å². The number of nitrogens with two attached hydrogens (primary N) is 1. The van der Waals surface area contributed by atoms with Crippen LogP contribution in [0.15, 0.2) is 54.6 Å². The van der Waals surface area contributed by atoms with Crippen LogP contribution in [0.3, 0.4) is 0 Å². The topological polar surface area (TPSA) is 92.4 Å². The van der Waals surface area contributed by atoms with Crippen molar-refractivity contribution in [3.8, 4) is 0 Å². The van der Waals surface area contributed by atoms with Gasteiger partial charge in [0.2, 0.25) is 10.0 Å². The normalized spacial score (nSPS) is 13.0. The molecule has 0 aliphatic carbocycles. The van der Waals surface area contributed by atoms with Gasteiger partial charge in [-0.3, -0.25) is 0 Å². The van der Waals surface area contributed by atoms with Crippen LogP contribution in [0, 0.1) is 0 Å². The molecule has 2 rings (SSSR count). The fourth-order valence-corrected chi connectivity index (χ4v) is 3.42. The van der Waals surface area contributed by atoms with Gasteiger partial charge in [0.05, 0.1) is 18.4 Å². The summed E-state index contributed by atoms with van der Waals surface area (Å²) < 4.78 is 26.9. The molecule has 0 bridgehead atoms. The minimum Gasteiger partial charge on any atom is -0.398 e. The summed E-state index contributed by atoms with van der Waals surface area (Å²) in [7, 11) is -3.61. The Labute approximate surface area is 124 Å². The maximum atomic E-state index is 12.2. The third-order valence-corrected chi connectivity index (χ3v) is 4.44. The minimum absolute atomic E-state index is 0.219. The number of sulfonamides is 1. The SMILES string of the molecule is Nc1ccccc1CS(=O)(=O)N[C@@H](CO)c1ccccc1. The Kier molecular flexibility index (Phi) is 4.95. The van der Waals surface area contributed by atoms with Crippen molar-refractivity contribution < 1.29 is 13.5 Å². The van der Waals surface area contributed by atoms with Crippen LogP contribution in [0.1, 0.15) is 17.2 Å². The van der Waals surface area contributed by atoms with Crippen LogP contribution in [0.2, 0.25) is 0 Å². The molecule has 0 aromatic heterocycles. The van der Waals surface area contributed by atoms with E-state index in [1.54, 1.807) is 48.5 Å². The molecule has 1 atom stereocenters. The largest absolute Gasteiger partial charge is 0.398 e. The number of hydrogen-bond donors (Lipinski definition) is 3. The van der Waals surface area contributed by atoms with E-state index in [4.69, 9.17) is 5.73 Å². The summed E-state index contributed by atoms with van der Waals surface area (Å²) in [6, 6.07) is 15.1. The quantitative estimate of drug-likeness (QED) is 0.704. The van der Waals surface area contributed by atoms with Crippen LogP contribution in [0.25, 0.3) is 0 Å². The number of nitrogen functional groups attached to an aromatic ring is 1. The van der Waals surface area contributed by atoms with Gasteiger partial charge in [0.1, 0.15) is 0 Å². The van der Waals surface area contributed by atoms with Crippen LogP contribution in [-0.2, 0) is 15.8 Å². The third-order valence-electron chi connectivity index (χ3n) is 3.11.